The van der Waals surface area contributed by atoms with E-state index in [0.29, 0.717) is 22.8 Å². The number of hydrogen-bond acceptors (Lipinski definition) is 7. The first-order valence-electron chi connectivity index (χ1n) is 9.41. The molecule has 0 saturated carbocycles. The van der Waals surface area contributed by atoms with E-state index in [4.69, 9.17) is 4.74 Å². The molecular weight excluding hydrogens is 372 g/mol. The molecule has 1 amide bonds. The first-order chi connectivity index (χ1) is 14.2. The van der Waals surface area contributed by atoms with Crippen LogP contribution in [0.3, 0.4) is 0 Å². The summed E-state index contributed by atoms with van der Waals surface area (Å²) >= 11 is 0. The topological polar surface area (TPSA) is 114 Å². The van der Waals surface area contributed by atoms with Crippen molar-refractivity contribution >= 4 is 5.91 Å². The molecule has 29 heavy (non-hydrogen) atoms. The van der Waals surface area contributed by atoms with E-state index < -0.39 is 0 Å². The third-order valence-electron chi connectivity index (χ3n) is 4.90. The number of carbonyl (C=O) groups is 1. The van der Waals surface area contributed by atoms with Crippen LogP contribution in [0.5, 0.6) is 11.8 Å². The van der Waals surface area contributed by atoms with E-state index in [0.717, 1.165) is 31.5 Å². The number of aromatic nitrogens is 4. The highest BCUT2D eigenvalue weighted by atomic mass is 16.5. The fourth-order valence-corrected chi connectivity index (χ4v) is 3.28. The van der Waals surface area contributed by atoms with Gasteiger partial charge < -0.3 is 20.5 Å². The zero-order valence-electron chi connectivity index (χ0n) is 16.0. The number of pyridine rings is 2. The van der Waals surface area contributed by atoms with Gasteiger partial charge in [-0.25, -0.2) is 9.97 Å². The summed E-state index contributed by atoms with van der Waals surface area (Å²) in [7, 11) is 1.53. The average Bonchev–Trinajstić information content (AvgIpc) is 3.16. The van der Waals surface area contributed by atoms with Crippen molar-refractivity contribution in [1.82, 2.24) is 30.4 Å². The van der Waals surface area contributed by atoms with Gasteiger partial charge in [0.25, 0.3) is 5.91 Å². The van der Waals surface area contributed by atoms with Gasteiger partial charge in [-0.15, -0.1) is 0 Å². The molecule has 0 aliphatic carbocycles. The molecule has 3 aromatic heterocycles. The Bertz CT molecular complexity index is 996. The number of nitrogens with zero attached hydrogens (tertiary/aromatic N) is 4. The van der Waals surface area contributed by atoms with Crippen molar-refractivity contribution in [1.29, 1.82) is 0 Å². The van der Waals surface area contributed by atoms with Gasteiger partial charge in [0.1, 0.15) is 0 Å². The Labute approximate surface area is 167 Å². The number of aromatic hydroxyl groups is 1. The van der Waals surface area contributed by atoms with Crippen LogP contribution in [0.2, 0.25) is 0 Å². The highest BCUT2D eigenvalue weighted by Gasteiger charge is 2.18. The van der Waals surface area contributed by atoms with Gasteiger partial charge in [0, 0.05) is 24.5 Å². The zero-order valence-corrected chi connectivity index (χ0v) is 16.0. The molecule has 1 aliphatic rings. The van der Waals surface area contributed by atoms with Gasteiger partial charge in [-0.1, -0.05) is 0 Å². The van der Waals surface area contributed by atoms with Crippen molar-refractivity contribution in [3.63, 3.8) is 0 Å². The second-order valence-corrected chi connectivity index (χ2v) is 6.78. The number of amides is 1. The monoisotopic (exact) mass is 394 g/mol. The van der Waals surface area contributed by atoms with Crippen LogP contribution in [0.1, 0.15) is 23.2 Å². The van der Waals surface area contributed by atoms with Gasteiger partial charge in [-0.3, -0.25) is 4.79 Å². The lowest BCUT2D eigenvalue weighted by Crippen LogP contribution is -2.42. The Kier molecular flexibility index (Phi) is 5.39. The molecule has 0 radical (unpaired) electrons. The third-order valence-corrected chi connectivity index (χ3v) is 4.90. The minimum atomic E-state index is -0.148. The summed E-state index contributed by atoms with van der Waals surface area (Å²) in [6.45, 7) is 1.82. The molecule has 0 unspecified atom stereocenters. The van der Waals surface area contributed by atoms with Gasteiger partial charge in [0.15, 0.2) is 5.82 Å². The van der Waals surface area contributed by atoms with Gasteiger partial charge in [0.2, 0.25) is 11.8 Å². The van der Waals surface area contributed by atoms with Crippen molar-refractivity contribution in [3.05, 3.63) is 48.4 Å². The van der Waals surface area contributed by atoms with E-state index in [1.807, 2.05) is 0 Å². The maximum Gasteiger partial charge on any atom is 0.253 e. The molecule has 0 aromatic carbocycles. The van der Waals surface area contributed by atoms with Gasteiger partial charge in [-0.05, 0) is 49.7 Å². The SMILES string of the molecule is COc1cc(-c2cnn(-c3ccc(C(=O)NC4CCNCC4)cn3)c2O)ccn1. The molecule has 9 nitrogen and oxygen atoms in total. The van der Waals surface area contributed by atoms with Crippen LogP contribution in [0, 0.1) is 0 Å². The molecule has 0 spiro atoms. The summed E-state index contributed by atoms with van der Waals surface area (Å²) in [6.07, 6.45) is 6.46. The fourth-order valence-electron chi connectivity index (χ4n) is 3.28. The Balaban J connectivity index is 1.52. The average molecular weight is 394 g/mol. The summed E-state index contributed by atoms with van der Waals surface area (Å²) < 4.78 is 6.44. The molecule has 4 heterocycles. The highest BCUT2D eigenvalue weighted by Crippen LogP contribution is 2.31. The molecule has 3 aromatic rings. The van der Waals surface area contributed by atoms with E-state index in [2.05, 4.69) is 25.7 Å². The lowest BCUT2D eigenvalue weighted by molar-refractivity contribution is 0.0929. The van der Waals surface area contributed by atoms with Gasteiger partial charge >= 0.3 is 0 Å². The first kappa shape index (κ1) is 18.9. The smallest absolute Gasteiger partial charge is 0.253 e. The number of methoxy groups -OCH3 is 1. The van der Waals surface area contributed by atoms with Gasteiger partial charge in [-0.2, -0.15) is 9.78 Å². The molecule has 9 heteroatoms. The Morgan fingerprint density at radius 3 is 2.79 bits per heavy atom. The highest BCUT2D eigenvalue weighted by molar-refractivity contribution is 5.94. The van der Waals surface area contributed by atoms with Crippen LogP contribution < -0.4 is 15.4 Å². The minimum absolute atomic E-state index is 0.0577. The zero-order chi connectivity index (χ0) is 20.2. The third kappa shape index (κ3) is 4.04. The van der Waals surface area contributed by atoms with E-state index in [1.54, 1.807) is 36.7 Å². The van der Waals surface area contributed by atoms with Crippen LogP contribution in [0.4, 0.5) is 0 Å². The molecule has 0 bridgehead atoms. The molecule has 3 N–H and O–H groups in total. The minimum Gasteiger partial charge on any atom is -0.493 e. The Morgan fingerprint density at radius 2 is 2.07 bits per heavy atom. The number of carbonyl (C=O) groups excluding carboxylic acids is 1. The maximum absolute atomic E-state index is 12.4. The molecule has 1 fully saturated rings. The first-order valence-corrected chi connectivity index (χ1v) is 9.41. The molecule has 4 rings (SSSR count). The summed E-state index contributed by atoms with van der Waals surface area (Å²) in [6, 6.07) is 6.97. The van der Waals surface area contributed by atoms with E-state index in [1.165, 1.54) is 18.0 Å². The van der Waals surface area contributed by atoms with Crippen LogP contribution in [-0.2, 0) is 0 Å². The van der Waals surface area contributed by atoms with Crippen molar-refractivity contribution in [2.75, 3.05) is 20.2 Å². The van der Waals surface area contributed by atoms with E-state index in [9.17, 15) is 9.90 Å². The molecule has 1 saturated heterocycles. The van der Waals surface area contributed by atoms with Gasteiger partial charge in [0.05, 0.1) is 24.4 Å². The largest absolute Gasteiger partial charge is 0.493 e. The molecule has 0 atom stereocenters. The Hall–Kier alpha value is -3.46. The van der Waals surface area contributed by atoms with Crippen molar-refractivity contribution in [2.45, 2.75) is 18.9 Å². The maximum atomic E-state index is 12.4. The lowest BCUT2D eigenvalue weighted by Gasteiger charge is -2.23. The second-order valence-electron chi connectivity index (χ2n) is 6.78. The predicted octanol–water partition coefficient (Wildman–Crippen LogP) is 1.53. The quantitative estimate of drug-likeness (QED) is 0.601. The molecule has 1 aliphatic heterocycles. The number of rotatable bonds is 5. The van der Waals surface area contributed by atoms with Crippen LogP contribution in [0.25, 0.3) is 16.9 Å². The van der Waals surface area contributed by atoms with Crippen LogP contribution in [-0.4, -0.2) is 57.0 Å². The van der Waals surface area contributed by atoms with Crippen LogP contribution in [0.15, 0.2) is 42.9 Å². The fraction of sp³-hybridized carbons (Fsp3) is 0.300. The number of piperidine rings is 1. The summed E-state index contributed by atoms with van der Waals surface area (Å²) in [4.78, 5) is 20.8. The molecule has 150 valence electrons. The predicted molar refractivity (Wildman–Crippen MR) is 106 cm³/mol. The lowest BCUT2D eigenvalue weighted by atomic mass is 10.1. The number of hydrogen-bond donors (Lipinski definition) is 3. The standard InChI is InChI=1S/C20H22N6O3/c1-29-18-10-13(4-9-22-18)16-12-24-26(20(16)28)17-3-2-14(11-23-17)19(27)25-15-5-7-21-8-6-15/h2-4,9-12,15,21,28H,5-8H2,1H3,(H,25,27). The van der Waals surface area contributed by atoms with E-state index >= 15 is 0 Å². The summed E-state index contributed by atoms with van der Waals surface area (Å²) in [5.41, 5.74) is 1.72. The van der Waals surface area contributed by atoms with Crippen LogP contribution >= 0.6 is 0 Å². The number of nitrogens with one attached hydrogen (secondary N) is 2. The summed E-state index contributed by atoms with van der Waals surface area (Å²) in [5, 5.41) is 21.1. The van der Waals surface area contributed by atoms with Crippen molar-refractivity contribution in [2.24, 2.45) is 0 Å². The van der Waals surface area contributed by atoms with E-state index in [-0.39, 0.29) is 17.8 Å². The summed E-state index contributed by atoms with van der Waals surface area (Å²) in [5.74, 6) is 0.646. The molecular formula is C20H22N6O3. The Morgan fingerprint density at radius 1 is 1.24 bits per heavy atom. The second kappa shape index (κ2) is 8.27. The normalized spacial score (nSPS) is 14.5. The van der Waals surface area contributed by atoms with Crippen molar-refractivity contribution < 1.29 is 14.6 Å². The number of ether oxygens (including phenoxy) is 1. The van der Waals surface area contributed by atoms with Crippen molar-refractivity contribution in [3.8, 4) is 28.7 Å².